The zero-order chi connectivity index (χ0) is 22.8. The van der Waals surface area contributed by atoms with Crippen LogP contribution in [0.1, 0.15) is 6.92 Å². The molecule has 5 N–H and O–H groups in total. The van der Waals surface area contributed by atoms with E-state index in [0.29, 0.717) is 6.08 Å². The largest absolute Gasteiger partial charge is 0.726 e. The fourth-order valence-corrected chi connectivity index (χ4v) is 3.40. The molecule has 0 aliphatic carbocycles. The number of aliphatic carboxylic acids is 1. The van der Waals surface area contributed by atoms with Crippen LogP contribution in [0.4, 0.5) is 0 Å². The van der Waals surface area contributed by atoms with Crippen molar-refractivity contribution in [2.24, 2.45) is 0 Å². The minimum atomic E-state index is -5.44. The van der Waals surface area contributed by atoms with E-state index in [1.807, 2.05) is 0 Å². The fraction of sp³-hybridized carbons (Fsp3) is 0.714. The summed E-state index contributed by atoms with van der Waals surface area (Å²) in [4.78, 5) is 22.5. The molecule has 0 aromatic heterocycles. The van der Waals surface area contributed by atoms with Gasteiger partial charge >= 0.3 is 0 Å². The summed E-state index contributed by atoms with van der Waals surface area (Å²) < 4.78 is 52.8. The first-order valence-electron chi connectivity index (χ1n) is 8.31. The first-order chi connectivity index (χ1) is 13.8. The smallest absolute Gasteiger partial charge is 0.229 e. The van der Waals surface area contributed by atoms with Crippen LogP contribution in [0.3, 0.4) is 0 Å². The van der Waals surface area contributed by atoms with Crippen LogP contribution in [-0.2, 0) is 38.4 Å². The average Bonchev–Trinajstić information content (AvgIpc) is 2.61. The topological polar surface area (TPSA) is 244 Å². The number of ether oxygens (including phenoxy) is 3. The lowest BCUT2D eigenvalue weighted by Crippen LogP contribution is -2.67. The summed E-state index contributed by atoms with van der Waals surface area (Å²) in [6.07, 6.45) is -12.6. The lowest BCUT2D eigenvalue weighted by molar-refractivity contribution is -0.319. The zero-order valence-corrected chi connectivity index (χ0v) is 16.0. The van der Waals surface area contributed by atoms with Gasteiger partial charge in [-0.15, -0.1) is 0 Å². The van der Waals surface area contributed by atoms with Crippen molar-refractivity contribution in [3.8, 4) is 0 Å². The van der Waals surface area contributed by atoms with Gasteiger partial charge in [-0.3, -0.25) is 8.98 Å². The summed E-state index contributed by atoms with van der Waals surface area (Å²) in [5, 5.41) is 52.5. The van der Waals surface area contributed by atoms with E-state index in [9.17, 15) is 48.1 Å². The van der Waals surface area contributed by atoms with Gasteiger partial charge in [0.15, 0.2) is 6.29 Å². The van der Waals surface area contributed by atoms with Gasteiger partial charge in [0.1, 0.15) is 48.3 Å². The SMILES string of the molecule is CC(=O)N[C@@H]1[C@@H](O[C@@H]2OC(C(=O)[O-])=C[C@H](O)[C@H]2O)[C@@H](OS(=O)(=O)[O-])[C@@H](CO)O[C@H]1O. The highest BCUT2D eigenvalue weighted by atomic mass is 32.3. The molecule has 8 atom stereocenters. The number of hydrogen-bond donors (Lipinski definition) is 5. The van der Waals surface area contributed by atoms with Gasteiger partial charge < -0.3 is 54.4 Å². The fourth-order valence-electron chi connectivity index (χ4n) is 2.90. The van der Waals surface area contributed by atoms with E-state index in [1.54, 1.807) is 0 Å². The van der Waals surface area contributed by atoms with E-state index in [0.717, 1.165) is 6.92 Å². The molecule has 0 unspecified atom stereocenters. The Labute approximate surface area is 169 Å². The normalized spacial score (nSPS) is 37.1. The minimum Gasteiger partial charge on any atom is -0.726 e. The molecule has 2 aliphatic rings. The molecule has 0 spiro atoms. The van der Waals surface area contributed by atoms with Crippen LogP contribution in [-0.4, -0.2) is 101 Å². The Hall–Kier alpha value is -1.89. The van der Waals surface area contributed by atoms with Crippen LogP contribution in [0.5, 0.6) is 0 Å². The first-order valence-corrected chi connectivity index (χ1v) is 9.64. The standard InChI is InChI=1S/C14H21NO14S/c1-4(17)15-8-11(10(29-30(23,24)25)7(3-16)26-13(8)22)28-14-9(19)5(18)2-6(27-14)12(20)21/h2,5,7-11,13-14,16,18-19,22H,3H2,1H3,(H,15,17)(H,20,21)(H,23,24,25)/p-2/t5-,7+,8+,9+,10-,11+,13+,14-/m0/s1. The van der Waals surface area contributed by atoms with E-state index >= 15 is 0 Å². The summed E-state index contributed by atoms with van der Waals surface area (Å²) in [5.41, 5.74) is 0. The highest BCUT2D eigenvalue weighted by molar-refractivity contribution is 7.80. The summed E-state index contributed by atoms with van der Waals surface area (Å²) in [6, 6.07) is -1.64. The molecular weight excluding hydrogens is 438 g/mol. The Morgan fingerprint density at radius 1 is 1.27 bits per heavy atom. The van der Waals surface area contributed by atoms with Gasteiger partial charge in [0.25, 0.3) is 0 Å². The maximum absolute atomic E-state index is 11.5. The minimum absolute atomic E-state index is 0.608. The van der Waals surface area contributed by atoms with E-state index in [2.05, 4.69) is 9.50 Å². The molecule has 0 radical (unpaired) electrons. The Balaban J connectivity index is 2.41. The second kappa shape index (κ2) is 9.50. The lowest BCUT2D eigenvalue weighted by Gasteiger charge is -2.46. The predicted molar refractivity (Wildman–Crippen MR) is 85.0 cm³/mol. The van der Waals surface area contributed by atoms with E-state index < -0.39 is 83.8 Å². The number of aliphatic hydroxyl groups excluding tert-OH is 4. The molecule has 1 saturated heterocycles. The van der Waals surface area contributed by atoms with Crippen molar-refractivity contribution in [2.45, 2.75) is 56.1 Å². The Kier molecular flexibility index (Phi) is 7.72. The van der Waals surface area contributed by atoms with Crippen LogP contribution < -0.4 is 10.4 Å². The van der Waals surface area contributed by atoms with Crippen molar-refractivity contribution in [1.82, 2.24) is 5.32 Å². The lowest BCUT2D eigenvalue weighted by atomic mass is 9.96. The molecule has 0 aromatic carbocycles. The quantitative estimate of drug-likeness (QED) is 0.177. The Bertz CT molecular complexity index is 784. The Morgan fingerprint density at radius 2 is 1.90 bits per heavy atom. The van der Waals surface area contributed by atoms with Crippen LogP contribution in [0.25, 0.3) is 0 Å². The molecule has 2 heterocycles. The van der Waals surface area contributed by atoms with Gasteiger partial charge in [-0.2, -0.15) is 0 Å². The number of carboxylic acids is 1. The van der Waals surface area contributed by atoms with Crippen LogP contribution in [0.2, 0.25) is 0 Å². The van der Waals surface area contributed by atoms with Crippen LogP contribution in [0, 0.1) is 0 Å². The number of amides is 1. The predicted octanol–water partition coefficient (Wildman–Crippen LogP) is -5.86. The van der Waals surface area contributed by atoms with Crippen molar-refractivity contribution in [3.63, 3.8) is 0 Å². The first kappa shape index (κ1) is 24.4. The van der Waals surface area contributed by atoms with E-state index in [-0.39, 0.29) is 0 Å². The van der Waals surface area contributed by atoms with E-state index in [4.69, 9.17) is 14.2 Å². The van der Waals surface area contributed by atoms with Crippen LogP contribution >= 0.6 is 0 Å². The molecule has 0 aromatic rings. The van der Waals surface area contributed by atoms with Crippen LogP contribution in [0.15, 0.2) is 11.8 Å². The second-order valence-corrected chi connectivity index (χ2v) is 7.34. The Morgan fingerprint density at radius 3 is 2.40 bits per heavy atom. The molecule has 15 nitrogen and oxygen atoms in total. The molecule has 1 amide bonds. The molecular formula is C14H19NO14S-2. The number of aliphatic hydroxyl groups is 4. The molecule has 30 heavy (non-hydrogen) atoms. The summed E-state index contributed by atoms with van der Waals surface area (Å²) >= 11 is 0. The van der Waals surface area contributed by atoms with Gasteiger partial charge in [-0.25, -0.2) is 8.42 Å². The highest BCUT2D eigenvalue weighted by Gasteiger charge is 2.50. The molecule has 2 rings (SSSR count). The number of carbonyl (C=O) groups excluding carboxylic acids is 2. The third-order valence-electron chi connectivity index (χ3n) is 4.13. The number of rotatable bonds is 7. The van der Waals surface area contributed by atoms with Crippen molar-refractivity contribution < 1.29 is 66.5 Å². The molecule has 1 fully saturated rings. The van der Waals surface area contributed by atoms with Gasteiger partial charge in [-0.05, 0) is 6.08 Å². The maximum Gasteiger partial charge on any atom is 0.229 e. The molecule has 0 saturated carbocycles. The zero-order valence-electron chi connectivity index (χ0n) is 15.2. The van der Waals surface area contributed by atoms with E-state index in [1.165, 1.54) is 0 Å². The van der Waals surface area contributed by atoms with Gasteiger partial charge in [-0.1, -0.05) is 0 Å². The number of nitrogens with one attached hydrogen (secondary N) is 1. The van der Waals surface area contributed by atoms with Crippen molar-refractivity contribution >= 4 is 22.3 Å². The third-order valence-corrected chi connectivity index (χ3v) is 4.59. The third kappa shape index (κ3) is 5.84. The maximum atomic E-state index is 11.5. The summed E-state index contributed by atoms with van der Waals surface area (Å²) in [5.74, 6) is -3.60. The van der Waals surface area contributed by atoms with Gasteiger partial charge in [0, 0.05) is 6.92 Å². The number of hydrogen-bond acceptors (Lipinski definition) is 14. The highest BCUT2D eigenvalue weighted by Crippen LogP contribution is 2.30. The molecule has 2 aliphatic heterocycles. The average molecular weight is 457 g/mol. The van der Waals surface area contributed by atoms with Crippen molar-refractivity contribution in [3.05, 3.63) is 11.8 Å². The molecule has 172 valence electrons. The monoisotopic (exact) mass is 457 g/mol. The van der Waals surface area contributed by atoms with Gasteiger partial charge in [0.05, 0.1) is 6.61 Å². The van der Waals surface area contributed by atoms with Gasteiger partial charge in [0.2, 0.25) is 22.6 Å². The summed E-state index contributed by atoms with van der Waals surface area (Å²) in [7, 11) is -5.44. The van der Waals surface area contributed by atoms with Crippen molar-refractivity contribution in [2.75, 3.05) is 6.61 Å². The number of carboxylic acid groups (broad SMARTS) is 1. The number of carbonyl (C=O) groups is 2. The van der Waals surface area contributed by atoms with Crippen molar-refractivity contribution in [1.29, 1.82) is 0 Å². The summed E-state index contributed by atoms with van der Waals surface area (Å²) in [6.45, 7) is 0.0273. The molecule has 0 bridgehead atoms. The second-order valence-electron chi connectivity index (χ2n) is 6.33. The molecule has 16 heteroatoms.